The summed E-state index contributed by atoms with van der Waals surface area (Å²) >= 11 is 0. The third-order valence-corrected chi connectivity index (χ3v) is 2.34. The van der Waals surface area contributed by atoms with E-state index in [9.17, 15) is 8.78 Å². The minimum Gasteiger partial charge on any atom is -0.494 e. The zero-order valence-electron chi connectivity index (χ0n) is 10.3. The second kappa shape index (κ2) is 5.59. The van der Waals surface area contributed by atoms with Crippen LogP contribution >= 0.6 is 0 Å². The number of rotatable bonds is 5. The summed E-state index contributed by atoms with van der Waals surface area (Å²) in [7, 11) is 0. The van der Waals surface area contributed by atoms with Crippen LogP contribution in [0.2, 0.25) is 0 Å². The van der Waals surface area contributed by atoms with Gasteiger partial charge in [-0.1, -0.05) is 0 Å². The second-order valence-corrected chi connectivity index (χ2v) is 3.80. The van der Waals surface area contributed by atoms with Gasteiger partial charge in [0, 0.05) is 17.3 Å². The minimum absolute atomic E-state index is 0.230. The van der Waals surface area contributed by atoms with Crippen LogP contribution in [0.4, 0.5) is 14.5 Å². The number of halogens is 2. The number of nitrogens with zero attached hydrogens (tertiary/aromatic N) is 4. The monoisotopic (exact) mass is 269 g/mol. The summed E-state index contributed by atoms with van der Waals surface area (Å²) in [6, 6.07) is 4.91. The van der Waals surface area contributed by atoms with Gasteiger partial charge in [-0.2, -0.15) is 0 Å². The fourth-order valence-corrected chi connectivity index (χ4v) is 1.67. The van der Waals surface area contributed by atoms with E-state index in [-0.39, 0.29) is 5.82 Å². The quantitative estimate of drug-likeness (QED) is 0.834. The molecule has 0 radical (unpaired) electrons. The number of ether oxygens (including phenoxy) is 1. The van der Waals surface area contributed by atoms with Crippen molar-refractivity contribution in [2.24, 2.45) is 0 Å². The van der Waals surface area contributed by atoms with E-state index in [0.29, 0.717) is 23.6 Å². The van der Waals surface area contributed by atoms with Crippen molar-refractivity contribution in [1.82, 2.24) is 20.2 Å². The molecule has 1 aromatic carbocycles. The Balaban J connectivity index is 2.38. The van der Waals surface area contributed by atoms with E-state index in [0.717, 1.165) is 4.68 Å². The Kier molecular flexibility index (Phi) is 3.88. The van der Waals surface area contributed by atoms with Crippen LogP contribution in [0.3, 0.4) is 0 Å². The molecule has 0 saturated heterocycles. The van der Waals surface area contributed by atoms with Crippen molar-refractivity contribution in [3.05, 3.63) is 18.2 Å². The fraction of sp³-hybridized carbons (Fsp3) is 0.364. The van der Waals surface area contributed by atoms with E-state index in [1.54, 1.807) is 18.2 Å². The number of nitrogen functional groups attached to an aromatic ring is 1. The van der Waals surface area contributed by atoms with E-state index in [1.165, 1.54) is 0 Å². The van der Waals surface area contributed by atoms with Crippen LogP contribution in [0, 0.1) is 0 Å². The molecule has 6 nitrogen and oxygen atoms in total. The summed E-state index contributed by atoms with van der Waals surface area (Å²) in [6.07, 6.45) is -2.53. The van der Waals surface area contributed by atoms with Gasteiger partial charge in [-0.3, -0.25) is 0 Å². The predicted molar refractivity (Wildman–Crippen MR) is 64.8 cm³/mol. The van der Waals surface area contributed by atoms with E-state index < -0.39 is 13.0 Å². The van der Waals surface area contributed by atoms with Crippen LogP contribution in [-0.4, -0.2) is 33.2 Å². The Morgan fingerprint density at radius 3 is 2.84 bits per heavy atom. The Bertz CT molecular complexity index is 558. The maximum atomic E-state index is 12.4. The van der Waals surface area contributed by atoms with E-state index >= 15 is 0 Å². The zero-order valence-corrected chi connectivity index (χ0v) is 10.3. The predicted octanol–water partition coefficient (Wildman–Crippen LogP) is 1.59. The first-order valence-corrected chi connectivity index (χ1v) is 5.68. The Morgan fingerprint density at radius 2 is 2.16 bits per heavy atom. The molecule has 0 aliphatic rings. The van der Waals surface area contributed by atoms with Crippen molar-refractivity contribution in [3.63, 3.8) is 0 Å². The van der Waals surface area contributed by atoms with E-state index in [1.807, 2.05) is 6.92 Å². The third kappa shape index (κ3) is 3.15. The molecule has 0 spiro atoms. The number of alkyl halides is 2. The van der Waals surface area contributed by atoms with Gasteiger partial charge in [-0.05, 0) is 29.5 Å². The highest BCUT2D eigenvalue weighted by molar-refractivity contribution is 5.64. The number of benzene rings is 1. The molecule has 2 rings (SSSR count). The van der Waals surface area contributed by atoms with Gasteiger partial charge in [0.2, 0.25) is 0 Å². The number of aromatic nitrogens is 4. The Morgan fingerprint density at radius 1 is 1.37 bits per heavy atom. The van der Waals surface area contributed by atoms with Crippen molar-refractivity contribution in [2.75, 3.05) is 12.3 Å². The standard InChI is InChI=1S/C11H13F2N5O/c1-2-19-9-4-7(3-8(14)5-9)11-15-16-17-18(11)6-10(12)13/h3-5,10H,2,6,14H2,1H3. The first-order valence-electron chi connectivity index (χ1n) is 5.68. The maximum Gasteiger partial charge on any atom is 0.258 e. The fourth-order valence-electron chi connectivity index (χ4n) is 1.67. The average molecular weight is 269 g/mol. The summed E-state index contributed by atoms with van der Waals surface area (Å²) in [4.78, 5) is 0. The molecule has 19 heavy (non-hydrogen) atoms. The van der Waals surface area contributed by atoms with Crippen LogP contribution in [0.15, 0.2) is 18.2 Å². The number of hydrogen-bond donors (Lipinski definition) is 1. The molecule has 102 valence electrons. The molecule has 0 bridgehead atoms. The average Bonchev–Trinajstić information content (AvgIpc) is 2.75. The van der Waals surface area contributed by atoms with Gasteiger partial charge in [-0.25, -0.2) is 13.5 Å². The SMILES string of the molecule is CCOc1cc(N)cc(-c2nnnn2CC(F)F)c1. The van der Waals surface area contributed by atoms with Gasteiger partial charge >= 0.3 is 0 Å². The molecule has 2 aromatic rings. The summed E-state index contributed by atoms with van der Waals surface area (Å²) in [6.45, 7) is 1.75. The van der Waals surface area contributed by atoms with Crippen LogP contribution in [0.1, 0.15) is 6.92 Å². The van der Waals surface area contributed by atoms with Gasteiger partial charge < -0.3 is 10.5 Å². The highest BCUT2D eigenvalue weighted by atomic mass is 19.3. The lowest BCUT2D eigenvalue weighted by Crippen LogP contribution is -2.10. The minimum atomic E-state index is -2.53. The maximum absolute atomic E-state index is 12.4. The summed E-state index contributed by atoms with van der Waals surface area (Å²) in [5.41, 5.74) is 6.73. The second-order valence-electron chi connectivity index (χ2n) is 3.80. The molecule has 0 amide bonds. The highest BCUT2D eigenvalue weighted by Crippen LogP contribution is 2.26. The van der Waals surface area contributed by atoms with Crippen LogP contribution in [0.5, 0.6) is 5.75 Å². The van der Waals surface area contributed by atoms with Crippen LogP contribution in [0.25, 0.3) is 11.4 Å². The molecule has 0 saturated carbocycles. The highest BCUT2D eigenvalue weighted by Gasteiger charge is 2.14. The molecule has 0 aliphatic carbocycles. The first kappa shape index (κ1) is 13.2. The van der Waals surface area contributed by atoms with Gasteiger partial charge in [0.05, 0.1) is 6.61 Å². The summed E-state index contributed by atoms with van der Waals surface area (Å²) in [5.74, 6) is 0.776. The number of hydrogen-bond acceptors (Lipinski definition) is 5. The van der Waals surface area contributed by atoms with Crippen molar-refractivity contribution in [1.29, 1.82) is 0 Å². The van der Waals surface area contributed by atoms with Crippen molar-refractivity contribution >= 4 is 5.69 Å². The van der Waals surface area contributed by atoms with Gasteiger partial charge in [-0.15, -0.1) is 5.10 Å². The van der Waals surface area contributed by atoms with Crippen LogP contribution < -0.4 is 10.5 Å². The molecule has 0 unspecified atom stereocenters. The lowest BCUT2D eigenvalue weighted by atomic mass is 10.2. The lowest BCUT2D eigenvalue weighted by Gasteiger charge is -2.08. The van der Waals surface area contributed by atoms with Gasteiger partial charge in [0.1, 0.15) is 12.3 Å². The largest absolute Gasteiger partial charge is 0.494 e. The molecule has 0 aliphatic heterocycles. The third-order valence-electron chi connectivity index (χ3n) is 2.34. The number of nitrogens with two attached hydrogens (primary N) is 1. The molecule has 2 N–H and O–H groups in total. The number of anilines is 1. The summed E-state index contributed by atoms with van der Waals surface area (Å²) < 4.78 is 31.2. The van der Waals surface area contributed by atoms with Crippen molar-refractivity contribution in [3.8, 4) is 17.1 Å². The van der Waals surface area contributed by atoms with Crippen molar-refractivity contribution < 1.29 is 13.5 Å². The number of tetrazole rings is 1. The molecule has 0 fully saturated rings. The normalized spacial score (nSPS) is 10.9. The molecule has 0 atom stereocenters. The topological polar surface area (TPSA) is 78.8 Å². The first-order chi connectivity index (χ1) is 9.10. The molecule has 8 heteroatoms. The van der Waals surface area contributed by atoms with Crippen molar-refractivity contribution in [2.45, 2.75) is 19.9 Å². The Labute approximate surface area is 108 Å². The molecular weight excluding hydrogens is 256 g/mol. The molecule has 1 heterocycles. The van der Waals surface area contributed by atoms with Gasteiger partial charge in [0.25, 0.3) is 6.43 Å². The zero-order chi connectivity index (χ0) is 13.8. The molecule has 1 aromatic heterocycles. The van der Waals surface area contributed by atoms with E-state index in [4.69, 9.17) is 10.5 Å². The van der Waals surface area contributed by atoms with E-state index in [2.05, 4.69) is 15.5 Å². The summed E-state index contributed by atoms with van der Waals surface area (Å²) in [5, 5.41) is 10.7. The molecular formula is C11H13F2N5O. The Hall–Kier alpha value is -2.25. The van der Waals surface area contributed by atoms with Crippen LogP contribution in [-0.2, 0) is 6.54 Å². The lowest BCUT2D eigenvalue weighted by molar-refractivity contribution is 0.121. The smallest absolute Gasteiger partial charge is 0.258 e. The van der Waals surface area contributed by atoms with Gasteiger partial charge in [0.15, 0.2) is 5.82 Å².